The predicted octanol–water partition coefficient (Wildman–Crippen LogP) is 0.741. The number of hydrogen-bond donors (Lipinski definition) is 1. The van der Waals surface area contributed by atoms with E-state index in [1.807, 2.05) is 0 Å². The van der Waals surface area contributed by atoms with Gasteiger partial charge >= 0.3 is 0 Å². The lowest BCUT2D eigenvalue weighted by atomic mass is 10.2. The Labute approximate surface area is 60.3 Å². The highest BCUT2D eigenvalue weighted by molar-refractivity contribution is 7.97. The van der Waals surface area contributed by atoms with Gasteiger partial charge < -0.3 is 0 Å². The van der Waals surface area contributed by atoms with Crippen molar-refractivity contribution in [1.29, 1.82) is 0 Å². The van der Waals surface area contributed by atoms with Crippen molar-refractivity contribution in [3.63, 3.8) is 0 Å². The number of hydrogen-bond acceptors (Lipinski definition) is 2. The van der Waals surface area contributed by atoms with Crippen molar-refractivity contribution in [3.8, 4) is 0 Å². The Hall–Kier alpha value is -0.0500. The van der Waals surface area contributed by atoms with Gasteiger partial charge in [-0.05, 0) is 12.8 Å². The van der Waals surface area contributed by atoms with Gasteiger partial charge in [0.25, 0.3) is 0 Å². The molecular weight excluding hydrogens is 132 g/mol. The first-order valence-corrected chi connectivity index (χ1v) is 4.49. The second-order valence-corrected chi connectivity index (χ2v) is 3.10. The molecule has 1 heterocycles. The molecular formula is C6H13N2S+. The second-order valence-electron chi connectivity index (χ2n) is 2.25. The minimum Gasteiger partial charge on any atom is -0.130 e. The minimum absolute atomic E-state index is 1.06. The molecule has 52 valence electrons. The molecule has 0 radical (unpaired) electrons. The molecule has 0 saturated heterocycles. The molecule has 1 aliphatic heterocycles. The average Bonchev–Trinajstić information content (AvgIpc) is 2.00. The highest BCUT2D eigenvalue weighted by atomic mass is 32.2. The molecule has 0 aromatic rings. The van der Waals surface area contributed by atoms with Crippen LogP contribution in [0.4, 0.5) is 0 Å². The molecule has 1 N–H and O–H groups in total. The third kappa shape index (κ3) is 3.51. The molecule has 2 nitrogen and oxygen atoms in total. The van der Waals surface area contributed by atoms with Gasteiger partial charge in [-0.2, -0.15) is 0 Å². The number of rotatable bonds is 0. The van der Waals surface area contributed by atoms with E-state index >= 15 is 0 Å². The Morgan fingerprint density at radius 3 is 3.00 bits per heavy atom. The summed E-state index contributed by atoms with van der Waals surface area (Å²) in [5.41, 5.74) is 0. The van der Waals surface area contributed by atoms with Crippen LogP contribution in [0.25, 0.3) is 0 Å². The summed E-state index contributed by atoms with van der Waals surface area (Å²) in [6.45, 7) is 1.06. The first kappa shape index (κ1) is 7.06. The summed E-state index contributed by atoms with van der Waals surface area (Å²) < 4.78 is 4.06. The van der Waals surface area contributed by atoms with Crippen LogP contribution in [0, 0.1) is 0 Å². The maximum absolute atomic E-state index is 4.06. The summed E-state index contributed by atoms with van der Waals surface area (Å²) in [6, 6.07) is 0. The van der Waals surface area contributed by atoms with E-state index in [0.717, 1.165) is 6.54 Å². The normalized spacial score (nSPS) is 22.2. The van der Waals surface area contributed by atoms with Gasteiger partial charge in [0, 0.05) is 28.6 Å². The molecule has 0 aromatic heterocycles. The predicted molar refractivity (Wildman–Crippen MR) is 39.2 cm³/mol. The van der Waals surface area contributed by atoms with E-state index in [9.17, 15) is 0 Å². The Bertz CT molecular complexity index is 83.1. The van der Waals surface area contributed by atoms with Gasteiger partial charge in [0.05, 0.1) is 0 Å². The fourth-order valence-corrected chi connectivity index (χ4v) is 1.47. The summed E-state index contributed by atoms with van der Waals surface area (Å²) in [7, 11) is 0. The molecule has 0 aliphatic carbocycles. The van der Waals surface area contributed by atoms with E-state index in [1.54, 1.807) is 11.9 Å². The quantitative estimate of drug-likeness (QED) is 0.500. The van der Waals surface area contributed by atoms with Crippen molar-refractivity contribution < 1.29 is 5.11 Å². The maximum atomic E-state index is 4.06. The van der Waals surface area contributed by atoms with Crippen LogP contribution in [0.5, 0.6) is 0 Å². The van der Waals surface area contributed by atoms with Gasteiger partial charge in [-0.1, -0.05) is 6.42 Å². The molecule has 1 aliphatic rings. The third-order valence-electron chi connectivity index (χ3n) is 1.40. The van der Waals surface area contributed by atoms with Crippen LogP contribution in [0.3, 0.4) is 0 Å². The lowest BCUT2D eigenvalue weighted by Crippen LogP contribution is -2.65. The smallest absolute Gasteiger partial charge is 0.130 e. The van der Waals surface area contributed by atoms with Crippen molar-refractivity contribution in [2.24, 2.45) is 4.52 Å². The second kappa shape index (κ2) is 4.79. The first-order chi connectivity index (χ1) is 4.50. The molecule has 0 saturated carbocycles. The molecule has 1 rings (SSSR count). The zero-order chi connectivity index (χ0) is 6.36. The van der Waals surface area contributed by atoms with Crippen molar-refractivity contribution in [2.75, 3.05) is 12.3 Å². The Morgan fingerprint density at radius 1 is 1.11 bits per heavy atom. The molecule has 3 heteroatoms. The van der Waals surface area contributed by atoms with E-state index in [4.69, 9.17) is 0 Å². The highest BCUT2D eigenvalue weighted by Crippen LogP contribution is 2.07. The van der Waals surface area contributed by atoms with E-state index in [1.165, 1.54) is 31.4 Å². The van der Waals surface area contributed by atoms with Crippen molar-refractivity contribution >= 4 is 11.9 Å². The van der Waals surface area contributed by atoms with Crippen molar-refractivity contribution in [3.05, 3.63) is 0 Å². The van der Waals surface area contributed by atoms with Gasteiger partial charge in [0.15, 0.2) is 6.54 Å². The summed E-state index contributed by atoms with van der Waals surface area (Å²) in [5, 5.41) is 3.02. The van der Waals surface area contributed by atoms with Crippen LogP contribution in [-0.2, 0) is 0 Å². The topological polar surface area (TPSA) is 26.3 Å². The zero-order valence-corrected chi connectivity index (χ0v) is 6.41. The third-order valence-corrected chi connectivity index (χ3v) is 2.13. The monoisotopic (exact) mass is 145 g/mol. The highest BCUT2D eigenvalue weighted by Gasteiger charge is 1.96. The average molecular weight is 145 g/mol. The largest absolute Gasteiger partial charge is 0.166 e. The molecule has 0 bridgehead atoms. The van der Waals surface area contributed by atoms with E-state index < -0.39 is 0 Å². The summed E-state index contributed by atoms with van der Waals surface area (Å²) in [6.07, 6.45) is 5.35. The Kier molecular flexibility index (Phi) is 3.76. The molecule has 0 amide bonds. The Morgan fingerprint density at radius 2 is 2.00 bits per heavy atom. The van der Waals surface area contributed by atoms with E-state index in [0.29, 0.717) is 0 Å². The minimum atomic E-state index is 1.06. The van der Waals surface area contributed by atoms with Crippen LogP contribution in [0.15, 0.2) is 4.52 Å². The van der Waals surface area contributed by atoms with E-state index in [-0.39, 0.29) is 0 Å². The molecule has 0 fully saturated rings. The van der Waals surface area contributed by atoms with Crippen LogP contribution in [0.1, 0.15) is 25.7 Å². The Balaban J connectivity index is 2.15. The number of nitrogens with one attached hydrogen (secondary N) is 1. The summed E-state index contributed by atoms with van der Waals surface area (Å²) in [4.78, 5) is 0. The van der Waals surface area contributed by atoms with Crippen molar-refractivity contribution in [2.45, 2.75) is 25.7 Å². The van der Waals surface area contributed by atoms with Crippen LogP contribution in [0.2, 0.25) is 0 Å². The first-order valence-electron chi connectivity index (χ1n) is 3.55. The molecule has 0 atom stereocenters. The SMILES string of the molecule is C1CCCSN=[NH+]CC1. The van der Waals surface area contributed by atoms with Gasteiger partial charge in [-0.3, -0.25) is 0 Å². The standard InChI is InChI=1S/C6H12N2S/c1-2-4-6-9-8-7-5-3-1/h1-6H2/p+1. The lowest BCUT2D eigenvalue weighted by Gasteiger charge is -1.90. The van der Waals surface area contributed by atoms with Gasteiger partial charge in [0.2, 0.25) is 0 Å². The number of nitrogens with zero attached hydrogens (tertiary/aromatic N) is 1. The van der Waals surface area contributed by atoms with Crippen molar-refractivity contribution in [1.82, 2.24) is 0 Å². The molecule has 0 aromatic carbocycles. The molecule has 0 spiro atoms. The zero-order valence-electron chi connectivity index (χ0n) is 5.60. The van der Waals surface area contributed by atoms with E-state index in [2.05, 4.69) is 9.63 Å². The van der Waals surface area contributed by atoms with Gasteiger partial charge in [-0.15, -0.1) is 5.11 Å². The summed E-state index contributed by atoms with van der Waals surface area (Å²) >= 11 is 1.66. The molecule has 0 unspecified atom stereocenters. The molecule has 9 heavy (non-hydrogen) atoms. The lowest BCUT2D eigenvalue weighted by molar-refractivity contribution is -0.522. The maximum Gasteiger partial charge on any atom is 0.166 e. The van der Waals surface area contributed by atoms with Crippen LogP contribution >= 0.6 is 11.9 Å². The summed E-state index contributed by atoms with van der Waals surface area (Å²) in [5.74, 6) is 1.19. The van der Waals surface area contributed by atoms with Crippen LogP contribution < -0.4 is 5.11 Å². The fourth-order valence-electron chi connectivity index (χ4n) is 0.861. The van der Waals surface area contributed by atoms with Gasteiger partial charge in [-0.25, -0.2) is 0 Å². The fraction of sp³-hybridized carbons (Fsp3) is 1.00. The van der Waals surface area contributed by atoms with Gasteiger partial charge in [0.1, 0.15) is 0 Å². The van der Waals surface area contributed by atoms with Crippen LogP contribution in [-0.4, -0.2) is 12.3 Å².